The third kappa shape index (κ3) is 3.52. The Morgan fingerprint density at radius 3 is 2.74 bits per heavy atom. The summed E-state index contributed by atoms with van der Waals surface area (Å²) in [5.41, 5.74) is 8.33. The van der Waals surface area contributed by atoms with E-state index in [0.717, 1.165) is 57.9 Å². The minimum Gasteiger partial charge on any atom is -0.363 e. The predicted molar refractivity (Wildman–Crippen MR) is 134 cm³/mol. The summed E-state index contributed by atoms with van der Waals surface area (Å²) < 4.78 is 1.82. The Hall–Kier alpha value is -4.04. The molecule has 0 bridgehead atoms. The molecule has 1 aliphatic rings. The van der Waals surface area contributed by atoms with E-state index in [2.05, 4.69) is 74.1 Å². The van der Waals surface area contributed by atoms with Crippen molar-refractivity contribution in [1.29, 1.82) is 0 Å². The number of nitrogens with zero attached hydrogens (tertiary/aromatic N) is 6. The molecule has 34 heavy (non-hydrogen) atoms. The molecule has 8 heteroatoms. The van der Waals surface area contributed by atoms with Gasteiger partial charge in [0.05, 0.1) is 17.4 Å². The lowest BCUT2D eigenvalue weighted by atomic mass is 9.95. The van der Waals surface area contributed by atoms with Gasteiger partial charge in [0.2, 0.25) is 0 Å². The van der Waals surface area contributed by atoms with Crippen molar-refractivity contribution in [2.24, 2.45) is 0 Å². The van der Waals surface area contributed by atoms with Crippen LogP contribution < -0.4 is 10.2 Å². The average Bonchev–Trinajstić information content (AvgIpc) is 3.51. The van der Waals surface area contributed by atoms with Crippen LogP contribution in [0.2, 0.25) is 0 Å². The van der Waals surface area contributed by atoms with Crippen LogP contribution in [0.25, 0.3) is 39.1 Å². The molecule has 0 radical (unpaired) electrons. The van der Waals surface area contributed by atoms with Gasteiger partial charge in [0.15, 0.2) is 0 Å². The van der Waals surface area contributed by atoms with Gasteiger partial charge in [-0.25, -0.2) is 9.67 Å². The van der Waals surface area contributed by atoms with Gasteiger partial charge < -0.3 is 10.2 Å². The van der Waals surface area contributed by atoms with Crippen molar-refractivity contribution in [3.05, 3.63) is 72.1 Å². The molecule has 4 heterocycles. The third-order valence-electron chi connectivity index (χ3n) is 6.54. The van der Waals surface area contributed by atoms with Gasteiger partial charge in [0.1, 0.15) is 17.2 Å². The van der Waals surface area contributed by atoms with E-state index in [1.165, 1.54) is 11.1 Å². The number of H-pyrrole nitrogens is 1. The summed E-state index contributed by atoms with van der Waals surface area (Å²) in [5.74, 6) is 0.929. The summed E-state index contributed by atoms with van der Waals surface area (Å²) in [4.78, 5) is 6.54. The zero-order chi connectivity index (χ0) is 23.2. The number of anilines is 1. The molecular formula is C26H26N8. The van der Waals surface area contributed by atoms with E-state index >= 15 is 0 Å². The van der Waals surface area contributed by atoms with Gasteiger partial charge in [0, 0.05) is 37.3 Å². The van der Waals surface area contributed by atoms with Gasteiger partial charge in [-0.1, -0.05) is 17.3 Å². The van der Waals surface area contributed by atoms with Crippen molar-refractivity contribution in [3.8, 4) is 28.2 Å². The zero-order valence-corrected chi connectivity index (χ0v) is 19.4. The molecule has 5 aromatic rings. The first-order valence-electron chi connectivity index (χ1n) is 11.5. The summed E-state index contributed by atoms with van der Waals surface area (Å²) in [6, 6.07) is 17.2. The lowest BCUT2D eigenvalue weighted by Gasteiger charge is -2.24. The quantitative estimate of drug-likeness (QED) is 0.428. The van der Waals surface area contributed by atoms with Crippen LogP contribution in [0.1, 0.15) is 24.1 Å². The van der Waals surface area contributed by atoms with Crippen molar-refractivity contribution in [2.45, 2.75) is 19.4 Å². The maximum atomic E-state index is 4.55. The van der Waals surface area contributed by atoms with Crippen LogP contribution in [0.3, 0.4) is 0 Å². The monoisotopic (exact) mass is 450 g/mol. The molecule has 170 valence electrons. The maximum absolute atomic E-state index is 4.55. The van der Waals surface area contributed by atoms with Gasteiger partial charge in [-0.2, -0.15) is 5.10 Å². The van der Waals surface area contributed by atoms with E-state index in [-0.39, 0.29) is 0 Å². The van der Waals surface area contributed by atoms with Crippen molar-refractivity contribution >= 4 is 16.7 Å². The van der Waals surface area contributed by atoms with Crippen molar-refractivity contribution in [1.82, 2.24) is 35.5 Å². The molecule has 3 aromatic heterocycles. The summed E-state index contributed by atoms with van der Waals surface area (Å²) >= 11 is 0. The first-order valence-corrected chi connectivity index (χ1v) is 11.5. The van der Waals surface area contributed by atoms with Gasteiger partial charge >= 0.3 is 0 Å². The Bertz CT molecular complexity index is 1480. The standard InChI is InChI=1S/C26H26N8/c1-16-21-13-20(7-4-17(21)10-11-27-16)34-15-24(30-32-34)26-22-12-18(5-8-23(22)29-31-26)19-6-9-25(28-14-19)33(2)3/h4-9,12-16,27H,10-11H2,1-3H3,(H,29,31). The minimum absolute atomic E-state index is 0.335. The predicted octanol–water partition coefficient (Wildman–Crippen LogP) is 4.15. The smallest absolute Gasteiger partial charge is 0.134 e. The Morgan fingerprint density at radius 1 is 1.03 bits per heavy atom. The van der Waals surface area contributed by atoms with E-state index in [1.807, 2.05) is 48.2 Å². The number of rotatable bonds is 4. The van der Waals surface area contributed by atoms with E-state index in [1.54, 1.807) is 0 Å². The molecule has 0 spiro atoms. The number of hydrogen-bond donors (Lipinski definition) is 2. The highest BCUT2D eigenvalue weighted by molar-refractivity contribution is 5.94. The second-order valence-electron chi connectivity index (χ2n) is 8.99. The number of hydrogen-bond acceptors (Lipinski definition) is 6. The van der Waals surface area contributed by atoms with E-state index in [4.69, 9.17) is 0 Å². The van der Waals surface area contributed by atoms with Crippen LogP contribution in [-0.4, -0.2) is 50.8 Å². The fraction of sp³-hybridized carbons (Fsp3) is 0.231. The zero-order valence-electron chi connectivity index (χ0n) is 19.4. The molecule has 1 atom stereocenters. The van der Waals surface area contributed by atoms with Gasteiger partial charge in [0.25, 0.3) is 0 Å². The fourth-order valence-electron chi connectivity index (χ4n) is 4.60. The van der Waals surface area contributed by atoms with Crippen molar-refractivity contribution in [2.75, 3.05) is 25.5 Å². The van der Waals surface area contributed by atoms with Crippen LogP contribution in [0.4, 0.5) is 5.82 Å². The largest absolute Gasteiger partial charge is 0.363 e. The summed E-state index contributed by atoms with van der Waals surface area (Å²) in [6.45, 7) is 3.22. The Labute approximate surface area is 197 Å². The van der Waals surface area contributed by atoms with Crippen LogP contribution in [-0.2, 0) is 6.42 Å². The molecular weight excluding hydrogens is 424 g/mol. The molecule has 0 aliphatic carbocycles. The Balaban J connectivity index is 1.35. The third-order valence-corrected chi connectivity index (χ3v) is 6.54. The molecule has 0 saturated carbocycles. The average molecular weight is 451 g/mol. The first-order chi connectivity index (χ1) is 16.6. The molecule has 2 aromatic carbocycles. The second-order valence-corrected chi connectivity index (χ2v) is 8.99. The molecule has 1 unspecified atom stereocenters. The number of benzene rings is 2. The van der Waals surface area contributed by atoms with E-state index in [0.29, 0.717) is 6.04 Å². The SMILES string of the molecule is CC1NCCc2ccc(-n3cc(-c4n[nH]c5ccc(-c6ccc(N(C)C)nc6)cc45)nn3)cc21. The molecule has 2 N–H and O–H groups in total. The number of pyridine rings is 1. The van der Waals surface area contributed by atoms with Crippen LogP contribution in [0.15, 0.2) is 60.9 Å². The van der Waals surface area contributed by atoms with Gasteiger partial charge in [-0.05, 0) is 73.0 Å². The number of aromatic amines is 1. The molecule has 0 fully saturated rings. The van der Waals surface area contributed by atoms with Crippen molar-refractivity contribution in [3.63, 3.8) is 0 Å². The molecule has 1 aliphatic heterocycles. The van der Waals surface area contributed by atoms with Crippen molar-refractivity contribution < 1.29 is 0 Å². The summed E-state index contributed by atoms with van der Waals surface area (Å²) in [7, 11) is 3.97. The molecule has 6 rings (SSSR count). The maximum Gasteiger partial charge on any atom is 0.134 e. The molecule has 8 nitrogen and oxygen atoms in total. The first kappa shape index (κ1) is 20.6. The highest BCUT2D eigenvalue weighted by Gasteiger charge is 2.18. The van der Waals surface area contributed by atoms with Crippen LogP contribution in [0.5, 0.6) is 0 Å². The number of fused-ring (bicyclic) bond motifs is 2. The van der Waals surface area contributed by atoms with Gasteiger partial charge in [-0.3, -0.25) is 5.10 Å². The van der Waals surface area contributed by atoms with Crippen LogP contribution >= 0.6 is 0 Å². The summed E-state index contributed by atoms with van der Waals surface area (Å²) in [6.07, 6.45) is 4.90. The van der Waals surface area contributed by atoms with E-state index in [9.17, 15) is 0 Å². The Kier molecular flexibility index (Phi) is 4.88. The lowest BCUT2D eigenvalue weighted by Crippen LogP contribution is -2.27. The normalized spacial score (nSPS) is 15.4. The minimum atomic E-state index is 0.335. The molecule has 0 amide bonds. The summed E-state index contributed by atoms with van der Waals surface area (Å²) in [5, 5.41) is 21.1. The van der Waals surface area contributed by atoms with Gasteiger partial charge in [-0.15, -0.1) is 5.10 Å². The number of aromatic nitrogens is 6. The van der Waals surface area contributed by atoms with Crippen LogP contribution in [0, 0.1) is 0 Å². The lowest BCUT2D eigenvalue weighted by molar-refractivity contribution is 0.540. The topological polar surface area (TPSA) is 87.5 Å². The number of nitrogens with one attached hydrogen (secondary N) is 2. The fourth-order valence-corrected chi connectivity index (χ4v) is 4.60. The second kappa shape index (κ2) is 8.07. The highest BCUT2D eigenvalue weighted by Crippen LogP contribution is 2.31. The molecule has 0 saturated heterocycles. The highest BCUT2D eigenvalue weighted by atomic mass is 15.4. The van der Waals surface area contributed by atoms with E-state index < -0.39 is 0 Å². The Morgan fingerprint density at radius 2 is 1.91 bits per heavy atom.